The van der Waals surface area contributed by atoms with Crippen molar-refractivity contribution in [1.29, 1.82) is 0 Å². The van der Waals surface area contributed by atoms with Gasteiger partial charge < -0.3 is 5.11 Å². The molecule has 2 rings (SSSR count). The minimum Gasteiger partial charge on any atom is -0.478 e. The first-order valence-corrected chi connectivity index (χ1v) is 7.92. The number of hydrogen-bond donors (Lipinski definition) is 2. The average Bonchev–Trinajstić information content (AvgIpc) is 2.41. The number of halogens is 1. The van der Waals surface area contributed by atoms with E-state index in [1.807, 2.05) is 22.6 Å². The highest BCUT2D eigenvalue weighted by Crippen LogP contribution is 2.22. The molecule has 0 aliphatic carbocycles. The first kappa shape index (κ1) is 14.7. The molecule has 6 nitrogen and oxygen atoms in total. The molecule has 0 unspecified atom stereocenters. The molecule has 0 aliphatic heterocycles. The number of hydrogen-bond acceptors (Lipinski definition) is 4. The summed E-state index contributed by atoms with van der Waals surface area (Å²) in [5.41, 5.74) is -0.0915. The lowest BCUT2D eigenvalue weighted by atomic mass is 10.2. The van der Waals surface area contributed by atoms with Crippen LogP contribution in [0.4, 0.5) is 5.69 Å². The van der Waals surface area contributed by atoms with Crippen LogP contribution in [0.25, 0.3) is 0 Å². The van der Waals surface area contributed by atoms with E-state index in [1.54, 1.807) is 6.07 Å². The monoisotopic (exact) mass is 404 g/mol. The van der Waals surface area contributed by atoms with E-state index in [0.29, 0.717) is 3.57 Å². The van der Waals surface area contributed by atoms with Crippen molar-refractivity contribution in [3.8, 4) is 0 Å². The third-order valence-electron chi connectivity index (χ3n) is 2.40. The van der Waals surface area contributed by atoms with Crippen molar-refractivity contribution in [1.82, 2.24) is 4.98 Å². The Morgan fingerprint density at radius 2 is 2.05 bits per heavy atom. The molecule has 1 aromatic carbocycles. The van der Waals surface area contributed by atoms with Crippen LogP contribution in [-0.2, 0) is 10.0 Å². The van der Waals surface area contributed by atoms with Crippen LogP contribution in [0.2, 0.25) is 0 Å². The third kappa shape index (κ3) is 3.25. The number of carboxylic acids is 1. The Hall–Kier alpha value is -1.68. The Morgan fingerprint density at radius 1 is 1.30 bits per heavy atom. The number of sulfonamides is 1. The Morgan fingerprint density at radius 3 is 2.65 bits per heavy atom. The van der Waals surface area contributed by atoms with Crippen LogP contribution in [0.1, 0.15) is 10.4 Å². The zero-order valence-corrected chi connectivity index (χ0v) is 12.9. The molecule has 1 heterocycles. The van der Waals surface area contributed by atoms with Gasteiger partial charge in [0.2, 0.25) is 0 Å². The highest BCUT2D eigenvalue weighted by Gasteiger charge is 2.18. The van der Waals surface area contributed by atoms with Crippen molar-refractivity contribution in [3.63, 3.8) is 0 Å². The lowest BCUT2D eigenvalue weighted by Gasteiger charge is -2.10. The number of anilines is 1. The van der Waals surface area contributed by atoms with Gasteiger partial charge in [0.15, 0.2) is 0 Å². The lowest BCUT2D eigenvalue weighted by Crippen LogP contribution is -2.15. The van der Waals surface area contributed by atoms with Gasteiger partial charge in [-0.3, -0.25) is 9.71 Å². The highest BCUT2D eigenvalue weighted by molar-refractivity contribution is 14.1. The maximum absolute atomic E-state index is 12.1. The number of aromatic carboxylic acids is 1. The molecule has 104 valence electrons. The number of pyridine rings is 1. The van der Waals surface area contributed by atoms with Crippen molar-refractivity contribution in [2.24, 2.45) is 0 Å². The third-order valence-corrected chi connectivity index (χ3v) is 4.42. The minimum atomic E-state index is -3.86. The normalized spacial score (nSPS) is 11.1. The zero-order valence-electron chi connectivity index (χ0n) is 9.95. The van der Waals surface area contributed by atoms with E-state index in [1.165, 1.54) is 36.7 Å². The van der Waals surface area contributed by atoms with Gasteiger partial charge in [-0.05, 0) is 52.9 Å². The number of nitrogens with zero attached hydrogens (tertiary/aromatic N) is 1. The number of benzene rings is 1. The zero-order chi connectivity index (χ0) is 14.8. The highest BCUT2D eigenvalue weighted by atomic mass is 127. The van der Waals surface area contributed by atoms with E-state index >= 15 is 0 Å². The smallest absolute Gasteiger partial charge is 0.337 e. The maximum atomic E-state index is 12.1. The molecule has 2 N–H and O–H groups in total. The van der Waals surface area contributed by atoms with E-state index < -0.39 is 16.0 Å². The molecule has 0 amide bonds. The largest absolute Gasteiger partial charge is 0.478 e. The van der Waals surface area contributed by atoms with E-state index in [9.17, 15) is 13.2 Å². The molecular formula is C12H9IN2O4S. The number of rotatable bonds is 4. The first-order chi connectivity index (χ1) is 9.40. The number of aromatic nitrogens is 1. The molecule has 8 heteroatoms. The van der Waals surface area contributed by atoms with Gasteiger partial charge in [0.1, 0.15) is 4.90 Å². The average molecular weight is 404 g/mol. The summed E-state index contributed by atoms with van der Waals surface area (Å²) in [4.78, 5) is 14.8. The molecule has 2 aromatic rings. The van der Waals surface area contributed by atoms with Crippen molar-refractivity contribution in [2.45, 2.75) is 4.90 Å². The quantitative estimate of drug-likeness (QED) is 0.762. The molecule has 1 aromatic heterocycles. The van der Waals surface area contributed by atoms with Gasteiger partial charge in [-0.25, -0.2) is 13.2 Å². The first-order valence-electron chi connectivity index (χ1n) is 5.36. The fraction of sp³-hybridized carbons (Fsp3) is 0. The Balaban J connectivity index is 2.43. The second kappa shape index (κ2) is 5.75. The van der Waals surface area contributed by atoms with Crippen LogP contribution in [0, 0.1) is 3.57 Å². The summed E-state index contributed by atoms with van der Waals surface area (Å²) in [6.45, 7) is 0. The molecule has 0 saturated carbocycles. The summed E-state index contributed by atoms with van der Waals surface area (Å²) in [5, 5.41) is 9.11. The van der Waals surface area contributed by atoms with Gasteiger partial charge >= 0.3 is 5.97 Å². The molecule has 0 spiro atoms. The summed E-state index contributed by atoms with van der Waals surface area (Å²) in [6, 6.07) is 7.29. The molecule has 0 atom stereocenters. The van der Waals surface area contributed by atoms with Crippen molar-refractivity contribution < 1.29 is 18.3 Å². The summed E-state index contributed by atoms with van der Waals surface area (Å²) >= 11 is 1.95. The molecule has 0 aliphatic rings. The fourth-order valence-electron chi connectivity index (χ4n) is 1.49. The van der Waals surface area contributed by atoms with E-state index in [2.05, 4.69) is 9.71 Å². The van der Waals surface area contributed by atoms with Crippen molar-refractivity contribution >= 4 is 44.3 Å². The topological polar surface area (TPSA) is 96.4 Å². The minimum absolute atomic E-state index is 0.0155. The SMILES string of the molecule is O=C(O)c1cc(I)ccc1NS(=O)(=O)c1cccnc1. The number of carboxylic acid groups (broad SMARTS) is 1. The van der Waals surface area contributed by atoms with Gasteiger partial charge in [-0.2, -0.15) is 0 Å². The van der Waals surface area contributed by atoms with Crippen molar-refractivity contribution in [2.75, 3.05) is 4.72 Å². The van der Waals surface area contributed by atoms with E-state index in [-0.39, 0.29) is 16.1 Å². The van der Waals surface area contributed by atoms with Crippen LogP contribution in [0.3, 0.4) is 0 Å². The van der Waals surface area contributed by atoms with Crippen LogP contribution >= 0.6 is 22.6 Å². The summed E-state index contributed by atoms with van der Waals surface area (Å²) in [6.07, 6.45) is 2.64. The Labute approximate surface area is 129 Å². The van der Waals surface area contributed by atoms with Crippen LogP contribution in [-0.4, -0.2) is 24.5 Å². The second-order valence-electron chi connectivity index (χ2n) is 3.79. The Kier molecular flexibility index (Phi) is 4.23. The van der Waals surface area contributed by atoms with Crippen LogP contribution < -0.4 is 4.72 Å². The molecular weight excluding hydrogens is 395 g/mol. The van der Waals surface area contributed by atoms with Gasteiger partial charge in [-0.15, -0.1) is 0 Å². The van der Waals surface area contributed by atoms with Gasteiger partial charge in [0.25, 0.3) is 10.0 Å². The predicted molar refractivity (Wildman–Crippen MR) is 81.2 cm³/mol. The molecule has 0 radical (unpaired) electrons. The molecule has 0 bridgehead atoms. The van der Waals surface area contributed by atoms with Gasteiger partial charge in [0, 0.05) is 16.0 Å². The molecule has 20 heavy (non-hydrogen) atoms. The predicted octanol–water partition coefficient (Wildman–Crippen LogP) is 2.19. The summed E-state index contributed by atoms with van der Waals surface area (Å²) < 4.78 is 27.2. The van der Waals surface area contributed by atoms with Gasteiger partial charge in [-0.1, -0.05) is 0 Å². The number of carbonyl (C=O) groups is 1. The maximum Gasteiger partial charge on any atom is 0.337 e. The number of nitrogens with one attached hydrogen (secondary N) is 1. The lowest BCUT2D eigenvalue weighted by molar-refractivity contribution is 0.0698. The molecule has 0 fully saturated rings. The van der Waals surface area contributed by atoms with Crippen LogP contribution in [0.15, 0.2) is 47.6 Å². The standard InChI is InChI=1S/C12H9IN2O4S/c13-8-3-4-11(10(6-8)12(16)17)15-20(18,19)9-2-1-5-14-7-9/h1-7,15H,(H,16,17). The van der Waals surface area contributed by atoms with E-state index in [0.717, 1.165) is 0 Å². The fourth-order valence-corrected chi connectivity index (χ4v) is 3.03. The van der Waals surface area contributed by atoms with Crippen LogP contribution in [0.5, 0.6) is 0 Å². The van der Waals surface area contributed by atoms with Crippen molar-refractivity contribution in [3.05, 3.63) is 51.9 Å². The summed E-state index contributed by atoms with van der Waals surface area (Å²) in [5.74, 6) is -1.20. The molecule has 0 saturated heterocycles. The van der Waals surface area contributed by atoms with E-state index in [4.69, 9.17) is 5.11 Å². The Bertz CT molecular complexity index is 747. The second-order valence-corrected chi connectivity index (χ2v) is 6.72. The van der Waals surface area contributed by atoms with Gasteiger partial charge in [0.05, 0.1) is 11.3 Å². The summed E-state index contributed by atoms with van der Waals surface area (Å²) in [7, 11) is -3.86.